The van der Waals surface area contributed by atoms with Crippen LogP contribution in [0.25, 0.3) is 0 Å². The standard InChI is InChI=1S/C10H15N2O7PS/c1-5-3-12(10(15)11-9(5)14)8-2-6(13)7(19-8)4-18-20(16,17)21/h3,6-8,13H,2,4H2,1H3,(H,11,14,15)(H2,16,17,21)/t6?,7-,8-/m1/s1. The van der Waals surface area contributed by atoms with E-state index in [0.29, 0.717) is 5.56 Å². The van der Waals surface area contributed by atoms with Crippen LogP contribution < -0.4 is 11.2 Å². The van der Waals surface area contributed by atoms with Crippen LogP contribution in [0.2, 0.25) is 0 Å². The van der Waals surface area contributed by atoms with Gasteiger partial charge in [-0.1, -0.05) is 0 Å². The summed E-state index contributed by atoms with van der Waals surface area (Å²) in [6.07, 6.45) is -1.16. The van der Waals surface area contributed by atoms with Crippen molar-refractivity contribution in [1.29, 1.82) is 0 Å². The molecule has 21 heavy (non-hydrogen) atoms. The van der Waals surface area contributed by atoms with E-state index in [1.807, 2.05) is 0 Å². The van der Waals surface area contributed by atoms with Crippen LogP contribution in [0.1, 0.15) is 18.2 Å². The molecule has 1 unspecified atom stereocenters. The Kier molecular flexibility index (Phi) is 4.79. The van der Waals surface area contributed by atoms with Crippen LogP contribution in [0.5, 0.6) is 0 Å². The molecule has 1 aromatic rings. The predicted octanol–water partition coefficient (Wildman–Crippen LogP) is -1.28. The number of aromatic nitrogens is 2. The summed E-state index contributed by atoms with van der Waals surface area (Å²) in [4.78, 5) is 43.1. The van der Waals surface area contributed by atoms with Crippen LogP contribution in [0.3, 0.4) is 0 Å². The first kappa shape index (κ1) is 16.5. The van der Waals surface area contributed by atoms with E-state index in [4.69, 9.17) is 14.5 Å². The Hall–Kier alpha value is -0.870. The van der Waals surface area contributed by atoms with Gasteiger partial charge < -0.3 is 24.2 Å². The van der Waals surface area contributed by atoms with Crippen molar-refractivity contribution in [2.45, 2.75) is 31.8 Å². The zero-order valence-corrected chi connectivity index (χ0v) is 12.7. The molecule has 0 spiro atoms. The number of nitrogens with zero attached hydrogens (tertiary/aromatic N) is 1. The average Bonchev–Trinajstić information content (AvgIpc) is 2.72. The highest BCUT2D eigenvalue weighted by Crippen LogP contribution is 2.38. The highest BCUT2D eigenvalue weighted by molar-refractivity contribution is 8.06. The lowest BCUT2D eigenvalue weighted by Crippen LogP contribution is -2.33. The molecule has 1 fully saturated rings. The Labute approximate surface area is 124 Å². The summed E-state index contributed by atoms with van der Waals surface area (Å²) in [6, 6.07) is 0. The number of H-pyrrole nitrogens is 1. The Morgan fingerprint density at radius 1 is 1.57 bits per heavy atom. The van der Waals surface area contributed by atoms with Crippen LogP contribution in [0.15, 0.2) is 15.8 Å². The summed E-state index contributed by atoms with van der Waals surface area (Å²) in [7, 11) is 0. The quantitative estimate of drug-likeness (QED) is 0.499. The maximum Gasteiger partial charge on any atom is 0.330 e. The molecule has 11 heteroatoms. The van der Waals surface area contributed by atoms with Crippen molar-refractivity contribution in [3.8, 4) is 0 Å². The van der Waals surface area contributed by atoms with Crippen LogP contribution in [0.4, 0.5) is 0 Å². The summed E-state index contributed by atoms with van der Waals surface area (Å²) in [5.41, 5.74) is -0.816. The Balaban J connectivity index is 2.14. The molecule has 1 aliphatic rings. The highest BCUT2D eigenvalue weighted by atomic mass is 32.5. The van der Waals surface area contributed by atoms with Crippen molar-refractivity contribution in [3.05, 3.63) is 32.6 Å². The molecule has 1 aliphatic heterocycles. The van der Waals surface area contributed by atoms with Crippen molar-refractivity contribution in [1.82, 2.24) is 9.55 Å². The molecular formula is C10H15N2O7PS. The van der Waals surface area contributed by atoms with E-state index in [1.165, 1.54) is 13.1 Å². The number of rotatable bonds is 4. The molecule has 0 radical (unpaired) electrons. The van der Waals surface area contributed by atoms with Crippen molar-refractivity contribution in [3.63, 3.8) is 0 Å². The van der Waals surface area contributed by atoms with Gasteiger partial charge in [-0.05, 0) is 18.7 Å². The number of nitrogens with one attached hydrogen (secondary N) is 1. The number of aromatic amines is 1. The fourth-order valence-electron chi connectivity index (χ4n) is 2.01. The molecule has 0 amide bonds. The summed E-state index contributed by atoms with van der Waals surface area (Å²) in [5.74, 6) is 0. The number of hydrogen-bond donors (Lipinski definition) is 4. The van der Waals surface area contributed by atoms with Crippen LogP contribution in [-0.4, -0.2) is 43.3 Å². The maximum absolute atomic E-state index is 11.7. The van der Waals surface area contributed by atoms with E-state index in [1.54, 1.807) is 0 Å². The third kappa shape index (κ3) is 4.07. The van der Waals surface area contributed by atoms with Gasteiger partial charge in [0.25, 0.3) is 5.56 Å². The zero-order chi connectivity index (χ0) is 15.8. The van der Waals surface area contributed by atoms with Crippen molar-refractivity contribution < 1.29 is 24.2 Å². The molecule has 2 heterocycles. The van der Waals surface area contributed by atoms with Gasteiger partial charge in [-0.2, -0.15) is 0 Å². The summed E-state index contributed by atoms with van der Waals surface area (Å²) in [6.45, 7) is -2.60. The van der Waals surface area contributed by atoms with Crippen molar-refractivity contribution in [2.24, 2.45) is 0 Å². The molecule has 3 atom stereocenters. The minimum Gasteiger partial charge on any atom is -0.390 e. The van der Waals surface area contributed by atoms with Crippen LogP contribution in [-0.2, 0) is 21.1 Å². The van der Waals surface area contributed by atoms with Gasteiger partial charge in [-0.15, -0.1) is 0 Å². The molecule has 1 saturated heterocycles. The molecule has 9 nitrogen and oxygen atoms in total. The molecule has 0 aliphatic carbocycles. The van der Waals surface area contributed by atoms with Gasteiger partial charge in [0.2, 0.25) is 0 Å². The third-order valence-corrected chi connectivity index (χ3v) is 3.87. The van der Waals surface area contributed by atoms with E-state index in [9.17, 15) is 14.7 Å². The monoisotopic (exact) mass is 338 g/mol. The first-order chi connectivity index (χ1) is 9.67. The second-order valence-corrected chi connectivity index (χ2v) is 7.36. The van der Waals surface area contributed by atoms with E-state index >= 15 is 0 Å². The highest BCUT2D eigenvalue weighted by Gasteiger charge is 2.36. The summed E-state index contributed by atoms with van der Waals surface area (Å²) < 4.78 is 11.3. The minimum atomic E-state index is -3.83. The lowest BCUT2D eigenvalue weighted by Gasteiger charge is -2.17. The first-order valence-corrected chi connectivity index (χ1v) is 8.65. The predicted molar refractivity (Wildman–Crippen MR) is 75.3 cm³/mol. The van der Waals surface area contributed by atoms with Gasteiger partial charge in [0.15, 0.2) is 0 Å². The molecule has 0 bridgehead atoms. The summed E-state index contributed by atoms with van der Waals surface area (Å²) >= 11 is 4.30. The minimum absolute atomic E-state index is 0.0964. The zero-order valence-electron chi connectivity index (χ0n) is 11.0. The number of aliphatic hydroxyl groups excluding tert-OH is 1. The third-order valence-electron chi connectivity index (χ3n) is 3.07. The fraction of sp³-hybridized carbons (Fsp3) is 0.600. The molecule has 1 aromatic heterocycles. The smallest absolute Gasteiger partial charge is 0.330 e. The van der Waals surface area contributed by atoms with Gasteiger partial charge in [-0.3, -0.25) is 14.3 Å². The molecule has 118 valence electrons. The number of ether oxygens (including phenoxy) is 1. The van der Waals surface area contributed by atoms with Crippen molar-refractivity contribution >= 4 is 18.5 Å². The molecule has 2 rings (SSSR count). The second kappa shape index (κ2) is 6.09. The second-order valence-electron chi connectivity index (χ2n) is 4.70. The van der Waals surface area contributed by atoms with E-state index in [-0.39, 0.29) is 13.0 Å². The lowest BCUT2D eigenvalue weighted by atomic mass is 10.2. The lowest BCUT2D eigenvalue weighted by molar-refractivity contribution is -0.0427. The first-order valence-electron chi connectivity index (χ1n) is 6.03. The number of aliphatic hydroxyl groups is 1. The maximum atomic E-state index is 11.7. The van der Waals surface area contributed by atoms with Gasteiger partial charge in [-0.25, -0.2) is 4.79 Å². The normalized spacial score (nSPS) is 26.2. The van der Waals surface area contributed by atoms with Gasteiger partial charge >= 0.3 is 12.4 Å². The molecule has 0 aromatic carbocycles. The average molecular weight is 338 g/mol. The van der Waals surface area contributed by atoms with Gasteiger partial charge in [0.1, 0.15) is 12.3 Å². The van der Waals surface area contributed by atoms with E-state index in [2.05, 4.69) is 21.3 Å². The largest absolute Gasteiger partial charge is 0.390 e. The number of aryl methyl sites for hydroxylation is 1. The number of hydrogen-bond acceptors (Lipinski definition) is 6. The molecular weight excluding hydrogens is 323 g/mol. The van der Waals surface area contributed by atoms with Gasteiger partial charge in [0, 0.05) is 18.2 Å². The fourth-order valence-corrected chi connectivity index (χ4v) is 2.53. The summed E-state index contributed by atoms with van der Waals surface area (Å²) in [5, 5.41) is 9.86. The SMILES string of the molecule is Cc1cn([C@H]2CC(O)[C@@H](COP(O)(O)=S)O2)c(=O)[nH]c1=O. The van der Waals surface area contributed by atoms with E-state index < -0.39 is 36.4 Å². The van der Waals surface area contributed by atoms with Crippen LogP contribution in [0, 0.1) is 6.92 Å². The topological polar surface area (TPSA) is 134 Å². The molecule has 4 N–H and O–H groups in total. The Bertz CT molecular complexity index is 681. The van der Waals surface area contributed by atoms with E-state index in [0.717, 1.165) is 4.57 Å². The van der Waals surface area contributed by atoms with Gasteiger partial charge in [0.05, 0.1) is 12.7 Å². The Morgan fingerprint density at radius 3 is 2.86 bits per heavy atom. The Morgan fingerprint density at radius 2 is 2.24 bits per heavy atom. The van der Waals surface area contributed by atoms with Crippen molar-refractivity contribution in [2.75, 3.05) is 6.61 Å². The van der Waals surface area contributed by atoms with Crippen LogP contribution >= 0.6 is 6.72 Å². The molecule has 0 saturated carbocycles.